The summed E-state index contributed by atoms with van der Waals surface area (Å²) in [5, 5.41) is 0.164. The molecule has 0 aliphatic rings. The molecule has 0 bridgehead atoms. The van der Waals surface area contributed by atoms with E-state index in [4.69, 9.17) is 11.6 Å². The van der Waals surface area contributed by atoms with Crippen molar-refractivity contribution in [1.29, 1.82) is 0 Å². The van der Waals surface area contributed by atoms with E-state index < -0.39 is 11.4 Å². The average Bonchev–Trinajstić information content (AvgIpc) is 2.12. The van der Waals surface area contributed by atoms with Crippen LogP contribution in [0.2, 0.25) is 5.02 Å². The van der Waals surface area contributed by atoms with E-state index in [0.29, 0.717) is 0 Å². The molecule has 0 spiro atoms. The van der Waals surface area contributed by atoms with Crippen molar-refractivity contribution in [2.24, 2.45) is 0 Å². The highest BCUT2D eigenvalue weighted by Gasteiger charge is 2.08. The molecule has 5 heteroatoms. The van der Waals surface area contributed by atoms with Crippen molar-refractivity contribution in [3.63, 3.8) is 0 Å². The fraction of sp³-hybridized carbons (Fsp3) is 0. The van der Waals surface area contributed by atoms with Gasteiger partial charge in [0.2, 0.25) is 0 Å². The van der Waals surface area contributed by atoms with Gasteiger partial charge in [-0.05, 0) is 12.1 Å². The summed E-state index contributed by atoms with van der Waals surface area (Å²) in [5.74, 6) is -0.617. The first-order valence-electron chi connectivity index (χ1n) is 3.51. The van der Waals surface area contributed by atoms with Gasteiger partial charge in [0.25, 0.3) is 5.56 Å². The van der Waals surface area contributed by atoms with E-state index in [0.717, 1.165) is 6.07 Å². The Morgan fingerprint density at radius 3 is 2.92 bits per heavy atom. The summed E-state index contributed by atoms with van der Waals surface area (Å²) in [7, 11) is 0. The van der Waals surface area contributed by atoms with E-state index in [1.54, 1.807) is 0 Å². The topological polar surface area (TPSA) is 45.8 Å². The zero-order valence-electron chi connectivity index (χ0n) is 6.34. The van der Waals surface area contributed by atoms with Gasteiger partial charge in [-0.15, -0.1) is 0 Å². The molecular formula is C8H4ClFN2O. The van der Waals surface area contributed by atoms with Crippen LogP contribution in [0.5, 0.6) is 0 Å². The maximum absolute atomic E-state index is 13.1. The Balaban J connectivity index is 3.09. The van der Waals surface area contributed by atoms with Gasteiger partial charge in [-0.1, -0.05) is 11.6 Å². The zero-order valence-corrected chi connectivity index (χ0v) is 7.10. The van der Waals surface area contributed by atoms with Crippen LogP contribution in [0.25, 0.3) is 10.9 Å². The fourth-order valence-corrected chi connectivity index (χ4v) is 1.32. The minimum absolute atomic E-state index is 0.102. The second-order valence-corrected chi connectivity index (χ2v) is 2.89. The molecule has 66 valence electrons. The Hall–Kier alpha value is -1.42. The smallest absolute Gasteiger partial charge is 0.261 e. The molecule has 0 saturated heterocycles. The average molecular weight is 199 g/mol. The van der Waals surface area contributed by atoms with Crippen molar-refractivity contribution in [3.8, 4) is 0 Å². The number of aromatic amines is 1. The number of fused-ring (bicyclic) bond motifs is 1. The highest BCUT2D eigenvalue weighted by molar-refractivity contribution is 6.34. The van der Waals surface area contributed by atoms with Crippen LogP contribution in [0.3, 0.4) is 0 Å². The first-order valence-corrected chi connectivity index (χ1v) is 3.89. The molecule has 0 fully saturated rings. The van der Waals surface area contributed by atoms with Crippen LogP contribution in [-0.2, 0) is 0 Å². The second-order valence-electron chi connectivity index (χ2n) is 2.48. The van der Waals surface area contributed by atoms with E-state index in [1.165, 1.54) is 12.4 Å². The van der Waals surface area contributed by atoms with Gasteiger partial charge in [0.05, 0.1) is 16.9 Å². The molecule has 13 heavy (non-hydrogen) atoms. The van der Waals surface area contributed by atoms with E-state index in [9.17, 15) is 9.18 Å². The van der Waals surface area contributed by atoms with Crippen molar-refractivity contribution in [1.82, 2.24) is 9.97 Å². The summed E-state index contributed by atoms with van der Waals surface area (Å²) in [5.41, 5.74) is -0.338. The Bertz CT molecular complexity index is 523. The zero-order chi connectivity index (χ0) is 9.42. The lowest BCUT2D eigenvalue weighted by Gasteiger charge is -1.98. The molecule has 1 aromatic heterocycles. The van der Waals surface area contributed by atoms with Crippen LogP contribution in [-0.4, -0.2) is 9.97 Å². The monoisotopic (exact) mass is 198 g/mol. The number of aromatic nitrogens is 2. The van der Waals surface area contributed by atoms with Crippen LogP contribution in [0.15, 0.2) is 23.3 Å². The lowest BCUT2D eigenvalue weighted by atomic mass is 10.2. The Morgan fingerprint density at radius 1 is 1.46 bits per heavy atom. The standard InChI is InChI=1S/C8H4ClFN2O/c9-4-1-2-5(10)6-7(4)11-3-12-8(6)13/h1-3H,(H,11,12,13). The Kier molecular flexibility index (Phi) is 1.77. The summed E-state index contributed by atoms with van der Waals surface area (Å²) in [6.45, 7) is 0. The summed E-state index contributed by atoms with van der Waals surface area (Å²) in [4.78, 5) is 17.2. The number of rotatable bonds is 0. The molecule has 2 rings (SSSR count). The molecule has 1 heterocycles. The lowest BCUT2D eigenvalue weighted by molar-refractivity contribution is 0.638. The van der Waals surface area contributed by atoms with Gasteiger partial charge in [0, 0.05) is 0 Å². The normalized spacial score (nSPS) is 10.6. The van der Waals surface area contributed by atoms with Gasteiger partial charge >= 0.3 is 0 Å². The van der Waals surface area contributed by atoms with Gasteiger partial charge < -0.3 is 4.98 Å². The third-order valence-corrected chi connectivity index (χ3v) is 2.00. The maximum atomic E-state index is 13.1. The van der Waals surface area contributed by atoms with Gasteiger partial charge in [-0.25, -0.2) is 9.37 Å². The third kappa shape index (κ3) is 1.19. The van der Waals surface area contributed by atoms with Crippen molar-refractivity contribution < 1.29 is 4.39 Å². The van der Waals surface area contributed by atoms with Gasteiger partial charge in [0.1, 0.15) is 11.2 Å². The first-order chi connectivity index (χ1) is 6.20. The van der Waals surface area contributed by atoms with E-state index in [1.807, 2.05) is 0 Å². The minimum atomic E-state index is -0.617. The summed E-state index contributed by atoms with van der Waals surface area (Å²) < 4.78 is 13.1. The van der Waals surface area contributed by atoms with E-state index in [-0.39, 0.29) is 15.9 Å². The lowest BCUT2D eigenvalue weighted by Crippen LogP contribution is -2.08. The van der Waals surface area contributed by atoms with Crippen LogP contribution in [0.4, 0.5) is 4.39 Å². The molecule has 0 amide bonds. The molecule has 0 saturated carbocycles. The highest BCUT2D eigenvalue weighted by Crippen LogP contribution is 2.20. The number of nitrogens with one attached hydrogen (secondary N) is 1. The number of hydrogen-bond donors (Lipinski definition) is 1. The van der Waals surface area contributed by atoms with Crippen molar-refractivity contribution in [2.45, 2.75) is 0 Å². The predicted octanol–water partition coefficient (Wildman–Crippen LogP) is 1.72. The molecule has 3 nitrogen and oxygen atoms in total. The first kappa shape index (κ1) is 8.19. The van der Waals surface area contributed by atoms with E-state index in [2.05, 4.69) is 9.97 Å². The molecule has 0 aliphatic heterocycles. The second kappa shape index (κ2) is 2.81. The molecule has 2 aromatic rings. The van der Waals surface area contributed by atoms with Gasteiger partial charge in [0.15, 0.2) is 0 Å². The number of hydrogen-bond acceptors (Lipinski definition) is 2. The predicted molar refractivity (Wildman–Crippen MR) is 47.3 cm³/mol. The van der Waals surface area contributed by atoms with Gasteiger partial charge in [-0.2, -0.15) is 0 Å². The fourth-order valence-electron chi connectivity index (χ4n) is 1.11. The number of halogens is 2. The van der Waals surface area contributed by atoms with Crippen LogP contribution >= 0.6 is 11.6 Å². The summed E-state index contributed by atoms with van der Waals surface area (Å²) in [6.07, 6.45) is 1.19. The highest BCUT2D eigenvalue weighted by atomic mass is 35.5. The Morgan fingerprint density at radius 2 is 2.23 bits per heavy atom. The summed E-state index contributed by atoms with van der Waals surface area (Å²) >= 11 is 5.72. The SMILES string of the molecule is O=c1[nH]cnc2c(Cl)ccc(F)c12. The number of H-pyrrole nitrogens is 1. The quantitative estimate of drug-likeness (QED) is 0.701. The number of benzene rings is 1. The van der Waals surface area contributed by atoms with Crippen molar-refractivity contribution >= 4 is 22.5 Å². The summed E-state index contributed by atoms with van der Waals surface area (Å²) in [6, 6.07) is 2.51. The van der Waals surface area contributed by atoms with E-state index >= 15 is 0 Å². The molecular weight excluding hydrogens is 195 g/mol. The van der Waals surface area contributed by atoms with Crippen LogP contribution in [0, 0.1) is 5.82 Å². The van der Waals surface area contributed by atoms with Crippen molar-refractivity contribution in [3.05, 3.63) is 39.7 Å². The van der Waals surface area contributed by atoms with Crippen LogP contribution in [0.1, 0.15) is 0 Å². The molecule has 1 aromatic carbocycles. The number of nitrogens with zero attached hydrogens (tertiary/aromatic N) is 1. The van der Waals surface area contributed by atoms with Crippen molar-refractivity contribution in [2.75, 3.05) is 0 Å². The molecule has 0 atom stereocenters. The maximum Gasteiger partial charge on any atom is 0.261 e. The Labute approximate surface area is 77.2 Å². The molecule has 1 N–H and O–H groups in total. The van der Waals surface area contributed by atoms with Crippen LogP contribution < -0.4 is 5.56 Å². The molecule has 0 aliphatic carbocycles. The largest absolute Gasteiger partial charge is 0.313 e. The molecule has 0 radical (unpaired) electrons. The molecule has 0 unspecified atom stereocenters. The van der Waals surface area contributed by atoms with Gasteiger partial charge in [-0.3, -0.25) is 4.79 Å². The third-order valence-electron chi connectivity index (χ3n) is 1.69. The minimum Gasteiger partial charge on any atom is -0.313 e.